The number of ketones is 1. The Morgan fingerprint density at radius 2 is 1.72 bits per heavy atom. The van der Waals surface area contributed by atoms with Crippen molar-refractivity contribution in [3.05, 3.63) is 71.9 Å². The molecule has 1 heterocycles. The highest BCUT2D eigenvalue weighted by Gasteiger charge is 2.25. The molecular weight excluding hydrogens is 312 g/mol. The molecule has 3 rings (SSSR count). The molecule has 0 saturated heterocycles. The van der Waals surface area contributed by atoms with Gasteiger partial charge in [-0.3, -0.25) is 9.59 Å². The Morgan fingerprint density at radius 1 is 1.00 bits per heavy atom. The second-order valence-corrected chi connectivity index (χ2v) is 6.14. The number of nitrogens with zero attached hydrogens (tertiary/aromatic N) is 1. The zero-order valence-corrected chi connectivity index (χ0v) is 14.4. The lowest BCUT2D eigenvalue weighted by atomic mass is 10.1. The van der Waals surface area contributed by atoms with Crippen LogP contribution in [0.4, 0.5) is 0 Å². The minimum absolute atomic E-state index is 0.440. The standard InChI is InChI=1S/C21H22N2O2/c1-2-3-13-23(15-16-9-5-4-6-10-16)21(25)20(24)18-14-22-19-12-8-7-11-17(18)19/h4-12,14,22H,2-3,13,15H2,1H3. The van der Waals surface area contributed by atoms with Crippen LogP contribution in [0, 0.1) is 0 Å². The molecule has 0 aliphatic carbocycles. The third-order valence-corrected chi connectivity index (χ3v) is 4.31. The Hall–Kier alpha value is -2.88. The number of amides is 1. The van der Waals surface area contributed by atoms with E-state index in [1.165, 1.54) is 0 Å². The zero-order valence-electron chi connectivity index (χ0n) is 14.4. The summed E-state index contributed by atoms with van der Waals surface area (Å²) in [6, 6.07) is 17.3. The van der Waals surface area contributed by atoms with Gasteiger partial charge in [-0.25, -0.2) is 0 Å². The van der Waals surface area contributed by atoms with Crippen LogP contribution in [0.15, 0.2) is 60.8 Å². The number of hydrogen-bond donors (Lipinski definition) is 1. The molecule has 128 valence electrons. The Labute approximate surface area is 147 Å². The lowest BCUT2D eigenvalue weighted by Crippen LogP contribution is -2.36. The van der Waals surface area contributed by atoms with E-state index in [4.69, 9.17) is 0 Å². The van der Waals surface area contributed by atoms with Crippen LogP contribution in [0.1, 0.15) is 35.7 Å². The van der Waals surface area contributed by atoms with Crippen molar-refractivity contribution in [3.8, 4) is 0 Å². The number of benzene rings is 2. The Balaban J connectivity index is 1.84. The van der Waals surface area contributed by atoms with E-state index in [-0.39, 0.29) is 0 Å². The quantitative estimate of drug-likeness (QED) is 0.520. The van der Waals surface area contributed by atoms with Gasteiger partial charge in [0, 0.05) is 30.2 Å². The predicted molar refractivity (Wildman–Crippen MR) is 99.4 cm³/mol. The maximum absolute atomic E-state index is 12.9. The van der Waals surface area contributed by atoms with Crippen LogP contribution in [0.25, 0.3) is 10.9 Å². The molecule has 0 radical (unpaired) electrons. The first-order chi connectivity index (χ1) is 12.2. The van der Waals surface area contributed by atoms with Crippen LogP contribution in [0.3, 0.4) is 0 Å². The smallest absolute Gasteiger partial charge is 0.295 e. The van der Waals surface area contributed by atoms with Crippen LogP contribution in [0.5, 0.6) is 0 Å². The van der Waals surface area contributed by atoms with Crippen LogP contribution in [0.2, 0.25) is 0 Å². The fraction of sp³-hybridized carbons (Fsp3) is 0.238. The van der Waals surface area contributed by atoms with Crippen molar-refractivity contribution < 1.29 is 9.59 Å². The monoisotopic (exact) mass is 334 g/mol. The number of fused-ring (bicyclic) bond motifs is 1. The molecule has 4 nitrogen and oxygen atoms in total. The van der Waals surface area contributed by atoms with E-state index in [1.807, 2.05) is 54.6 Å². The van der Waals surface area contributed by atoms with Gasteiger partial charge in [-0.05, 0) is 18.1 Å². The fourth-order valence-corrected chi connectivity index (χ4v) is 2.92. The summed E-state index contributed by atoms with van der Waals surface area (Å²) in [5, 5.41) is 0.788. The van der Waals surface area contributed by atoms with Gasteiger partial charge in [-0.15, -0.1) is 0 Å². The first-order valence-electron chi connectivity index (χ1n) is 8.64. The Kier molecular flexibility index (Phi) is 5.29. The van der Waals surface area contributed by atoms with E-state index in [0.717, 1.165) is 29.3 Å². The lowest BCUT2D eigenvalue weighted by Gasteiger charge is -2.22. The number of carbonyl (C=O) groups excluding carboxylic acids is 2. The van der Waals surface area contributed by atoms with Crippen molar-refractivity contribution in [2.75, 3.05) is 6.54 Å². The first-order valence-corrected chi connectivity index (χ1v) is 8.64. The van der Waals surface area contributed by atoms with Gasteiger partial charge in [0.15, 0.2) is 0 Å². The van der Waals surface area contributed by atoms with Crippen molar-refractivity contribution in [2.45, 2.75) is 26.3 Å². The molecule has 0 spiro atoms. The molecule has 0 aliphatic rings. The SMILES string of the molecule is CCCCN(Cc1ccccc1)C(=O)C(=O)c1c[nH]c2ccccc12. The van der Waals surface area contributed by atoms with Gasteiger partial charge in [0.2, 0.25) is 0 Å². The third kappa shape index (κ3) is 3.79. The molecule has 0 atom stereocenters. The minimum atomic E-state index is -0.454. The number of aromatic amines is 1. The van der Waals surface area contributed by atoms with Crippen molar-refractivity contribution in [2.24, 2.45) is 0 Å². The Bertz CT molecular complexity index is 868. The summed E-state index contributed by atoms with van der Waals surface area (Å²) in [7, 11) is 0. The summed E-state index contributed by atoms with van der Waals surface area (Å²) >= 11 is 0. The average Bonchev–Trinajstić information content (AvgIpc) is 3.09. The molecule has 1 N–H and O–H groups in total. The molecule has 3 aromatic rings. The van der Waals surface area contributed by atoms with Crippen molar-refractivity contribution in [1.82, 2.24) is 9.88 Å². The Morgan fingerprint density at radius 3 is 2.48 bits per heavy atom. The van der Waals surface area contributed by atoms with Gasteiger partial charge >= 0.3 is 0 Å². The highest BCUT2D eigenvalue weighted by molar-refractivity contribution is 6.44. The van der Waals surface area contributed by atoms with Crippen molar-refractivity contribution in [3.63, 3.8) is 0 Å². The average molecular weight is 334 g/mol. The molecule has 25 heavy (non-hydrogen) atoms. The number of nitrogens with one attached hydrogen (secondary N) is 1. The van der Waals surface area contributed by atoms with Gasteiger partial charge < -0.3 is 9.88 Å². The topological polar surface area (TPSA) is 53.2 Å². The summed E-state index contributed by atoms with van der Waals surface area (Å²) in [6.45, 7) is 3.11. The molecule has 0 aliphatic heterocycles. The second kappa shape index (κ2) is 7.79. The molecule has 0 unspecified atom stereocenters. The van der Waals surface area contributed by atoms with E-state index < -0.39 is 11.7 Å². The predicted octanol–water partition coefficient (Wildman–Crippen LogP) is 4.18. The summed E-state index contributed by atoms with van der Waals surface area (Å²) < 4.78 is 0. The molecule has 0 saturated carbocycles. The molecule has 1 aromatic heterocycles. The van der Waals surface area contributed by atoms with E-state index in [1.54, 1.807) is 11.1 Å². The van der Waals surface area contributed by atoms with E-state index in [9.17, 15) is 9.59 Å². The van der Waals surface area contributed by atoms with Crippen LogP contribution >= 0.6 is 0 Å². The van der Waals surface area contributed by atoms with Crippen molar-refractivity contribution in [1.29, 1.82) is 0 Å². The highest BCUT2D eigenvalue weighted by Crippen LogP contribution is 2.19. The van der Waals surface area contributed by atoms with Crippen LogP contribution in [-0.2, 0) is 11.3 Å². The van der Waals surface area contributed by atoms with Crippen molar-refractivity contribution >= 4 is 22.6 Å². The van der Waals surface area contributed by atoms with E-state index in [2.05, 4.69) is 11.9 Å². The number of aromatic nitrogens is 1. The fourth-order valence-electron chi connectivity index (χ4n) is 2.92. The number of H-pyrrole nitrogens is 1. The number of carbonyl (C=O) groups is 2. The molecule has 2 aromatic carbocycles. The van der Waals surface area contributed by atoms with Gasteiger partial charge in [-0.2, -0.15) is 0 Å². The summed E-state index contributed by atoms with van der Waals surface area (Å²) in [5.41, 5.74) is 2.33. The van der Waals surface area contributed by atoms with E-state index >= 15 is 0 Å². The largest absolute Gasteiger partial charge is 0.360 e. The number of unbranched alkanes of at least 4 members (excludes halogenated alkanes) is 1. The van der Waals surface area contributed by atoms with E-state index in [0.29, 0.717) is 18.7 Å². The molecular formula is C21H22N2O2. The normalized spacial score (nSPS) is 10.8. The number of rotatable bonds is 7. The maximum Gasteiger partial charge on any atom is 0.295 e. The highest BCUT2D eigenvalue weighted by atomic mass is 16.2. The zero-order chi connectivity index (χ0) is 17.6. The summed E-state index contributed by atoms with van der Waals surface area (Å²) in [4.78, 5) is 30.4. The second-order valence-electron chi connectivity index (χ2n) is 6.14. The first kappa shape index (κ1) is 17.0. The van der Waals surface area contributed by atoms with Gasteiger partial charge in [0.05, 0.1) is 5.56 Å². The molecule has 0 fully saturated rings. The number of para-hydroxylation sites is 1. The lowest BCUT2D eigenvalue weighted by molar-refractivity contribution is -0.127. The van der Waals surface area contributed by atoms with Gasteiger partial charge in [0.1, 0.15) is 0 Å². The minimum Gasteiger partial charge on any atom is -0.360 e. The van der Waals surface area contributed by atoms with Crippen LogP contribution < -0.4 is 0 Å². The van der Waals surface area contributed by atoms with Gasteiger partial charge in [-0.1, -0.05) is 61.9 Å². The number of hydrogen-bond acceptors (Lipinski definition) is 2. The summed E-state index contributed by atoms with van der Waals surface area (Å²) in [5.74, 6) is -0.897. The number of Topliss-reactive ketones (excluding diaryl/α,β-unsaturated/α-hetero) is 1. The maximum atomic E-state index is 12.9. The molecule has 0 bridgehead atoms. The summed E-state index contributed by atoms with van der Waals surface area (Å²) in [6.07, 6.45) is 3.48. The molecule has 1 amide bonds. The molecule has 4 heteroatoms. The van der Waals surface area contributed by atoms with Crippen LogP contribution in [-0.4, -0.2) is 28.1 Å². The third-order valence-electron chi connectivity index (χ3n) is 4.31. The van der Waals surface area contributed by atoms with Gasteiger partial charge in [0.25, 0.3) is 11.7 Å².